The molecule has 0 spiro atoms. The molecule has 98 valence electrons. The molecule has 1 heterocycles. The van der Waals surface area contributed by atoms with Gasteiger partial charge in [0.2, 0.25) is 0 Å². The Morgan fingerprint density at radius 2 is 2.11 bits per heavy atom. The van der Waals surface area contributed by atoms with Crippen LogP contribution in [0.3, 0.4) is 0 Å². The summed E-state index contributed by atoms with van der Waals surface area (Å²) in [6.45, 7) is 0.969. The van der Waals surface area contributed by atoms with Crippen molar-refractivity contribution >= 4 is 23.1 Å². The second kappa shape index (κ2) is 7.25. The van der Waals surface area contributed by atoms with E-state index in [1.54, 1.807) is 23.1 Å². The lowest BCUT2D eigenvalue weighted by atomic mass is 10.3. The van der Waals surface area contributed by atoms with Crippen molar-refractivity contribution in [2.75, 3.05) is 12.8 Å². The van der Waals surface area contributed by atoms with E-state index in [0.717, 1.165) is 16.2 Å². The van der Waals surface area contributed by atoms with E-state index >= 15 is 0 Å². The zero-order chi connectivity index (χ0) is 13.5. The molecule has 0 saturated heterocycles. The van der Waals surface area contributed by atoms with Gasteiger partial charge in [0.15, 0.2) is 0 Å². The molecule has 0 fully saturated rings. The number of thiophene rings is 1. The first-order chi connectivity index (χ1) is 9.31. The maximum atomic E-state index is 5.74. The zero-order valence-corrected chi connectivity index (χ0v) is 12.3. The number of thioether (sulfide) groups is 1. The monoisotopic (exact) mass is 289 g/mol. The molecule has 0 aliphatic heterocycles. The zero-order valence-electron chi connectivity index (χ0n) is 10.7. The lowest BCUT2D eigenvalue weighted by Crippen LogP contribution is -1.93. The van der Waals surface area contributed by atoms with Crippen molar-refractivity contribution in [3.8, 4) is 17.6 Å². The Morgan fingerprint density at radius 3 is 2.79 bits per heavy atom. The summed E-state index contributed by atoms with van der Waals surface area (Å²) < 4.78 is 5.74. The first-order valence-electron chi connectivity index (χ1n) is 5.85. The van der Waals surface area contributed by atoms with Crippen LogP contribution in [0.25, 0.3) is 0 Å². The number of benzene rings is 1. The van der Waals surface area contributed by atoms with Gasteiger partial charge in [-0.1, -0.05) is 11.8 Å². The van der Waals surface area contributed by atoms with Crippen LogP contribution in [0.5, 0.6) is 5.75 Å². The van der Waals surface area contributed by atoms with Crippen molar-refractivity contribution < 1.29 is 4.74 Å². The number of rotatable bonds is 4. The number of nitrogens with two attached hydrogens (primary N) is 1. The van der Waals surface area contributed by atoms with Crippen molar-refractivity contribution in [1.29, 1.82) is 0 Å². The van der Waals surface area contributed by atoms with E-state index in [2.05, 4.69) is 30.2 Å². The van der Waals surface area contributed by atoms with Gasteiger partial charge in [-0.05, 0) is 36.6 Å². The molecule has 0 radical (unpaired) electrons. The molecule has 19 heavy (non-hydrogen) atoms. The summed E-state index contributed by atoms with van der Waals surface area (Å²) in [5.41, 5.74) is 6.35. The first kappa shape index (κ1) is 14.0. The van der Waals surface area contributed by atoms with Gasteiger partial charge in [-0.2, -0.15) is 0 Å². The molecule has 0 saturated carbocycles. The molecule has 2 N–H and O–H groups in total. The predicted molar refractivity (Wildman–Crippen MR) is 82.8 cm³/mol. The fraction of sp³-hybridized carbons (Fsp3) is 0.200. The van der Waals surface area contributed by atoms with E-state index in [9.17, 15) is 0 Å². The van der Waals surface area contributed by atoms with Crippen LogP contribution in [0.4, 0.5) is 0 Å². The standard InChI is InChI=1S/C15H15NOS2/c1-18-14-6-4-13(5-7-14)17-10-15-9-12(11-19-15)3-2-8-16/h4-7,9,11H,8,10,16H2,1H3. The summed E-state index contributed by atoms with van der Waals surface area (Å²) in [5.74, 6) is 6.75. The Morgan fingerprint density at radius 1 is 1.32 bits per heavy atom. The van der Waals surface area contributed by atoms with Gasteiger partial charge in [0.05, 0.1) is 6.54 Å². The number of ether oxygens (including phenoxy) is 1. The summed E-state index contributed by atoms with van der Waals surface area (Å²) in [6.07, 6.45) is 2.06. The highest BCUT2D eigenvalue weighted by molar-refractivity contribution is 7.98. The summed E-state index contributed by atoms with van der Waals surface area (Å²) in [7, 11) is 0. The molecule has 0 aliphatic rings. The Hall–Kier alpha value is -1.41. The van der Waals surface area contributed by atoms with Crippen molar-refractivity contribution in [2.24, 2.45) is 5.73 Å². The Kier molecular flexibility index (Phi) is 5.34. The van der Waals surface area contributed by atoms with Crippen LogP contribution in [-0.4, -0.2) is 12.8 Å². The van der Waals surface area contributed by atoms with Crippen molar-refractivity contribution in [2.45, 2.75) is 11.5 Å². The largest absolute Gasteiger partial charge is 0.488 e. The summed E-state index contributed by atoms with van der Waals surface area (Å²) in [5, 5.41) is 2.03. The van der Waals surface area contributed by atoms with Crippen molar-refractivity contribution in [1.82, 2.24) is 0 Å². The topological polar surface area (TPSA) is 35.2 Å². The molecule has 0 atom stereocenters. The van der Waals surface area contributed by atoms with Gasteiger partial charge < -0.3 is 10.5 Å². The second-order valence-electron chi connectivity index (χ2n) is 3.77. The highest BCUT2D eigenvalue weighted by Gasteiger charge is 2.00. The van der Waals surface area contributed by atoms with Crippen molar-refractivity contribution in [3.05, 3.63) is 46.2 Å². The maximum Gasteiger partial charge on any atom is 0.122 e. The Balaban J connectivity index is 1.92. The molecule has 0 amide bonds. The van der Waals surface area contributed by atoms with Crippen LogP contribution in [0.1, 0.15) is 10.4 Å². The normalized spacial score (nSPS) is 9.79. The molecule has 1 aromatic carbocycles. The smallest absolute Gasteiger partial charge is 0.122 e. The van der Waals surface area contributed by atoms with Crippen LogP contribution in [0.2, 0.25) is 0 Å². The summed E-state index contributed by atoms with van der Waals surface area (Å²) >= 11 is 3.38. The van der Waals surface area contributed by atoms with Crippen LogP contribution >= 0.6 is 23.1 Å². The molecule has 1 aromatic heterocycles. The van der Waals surface area contributed by atoms with Gasteiger partial charge in [0, 0.05) is 20.7 Å². The lowest BCUT2D eigenvalue weighted by molar-refractivity contribution is 0.309. The van der Waals surface area contributed by atoms with E-state index in [0.29, 0.717) is 13.2 Å². The molecule has 2 nitrogen and oxygen atoms in total. The predicted octanol–water partition coefficient (Wildman–Crippen LogP) is 3.36. The lowest BCUT2D eigenvalue weighted by Gasteiger charge is -2.04. The van der Waals surface area contributed by atoms with E-state index in [4.69, 9.17) is 10.5 Å². The third kappa shape index (κ3) is 4.32. The van der Waals surface area contributed by atoms with Crippen LogP contribution in [-0.2, 0) is 6.61 Å². The third-order valence-electron chi connectivity index (χ3n) is 2.43. The van der Waals surface area contributed by atoms with Gasteiger partial charge in [0.1, 0.15) is 12.4 Å². The highest BCUT2D eigenvalue weighted by atomic mass is 32.2. The minimum absolute atomic E-state index is 0.392. The van der Waals surface area contributed by atoms with Crippen molar-refractivity contribution in [3.63, 3.8) is 0 Å². The van der Waals surface area contributed by atoms with E-state index in [1.807, 2.05) is 23.6 Å². The molecular weight excluding hydrogens is 274 g/mol. The molecule has 0 bridgehead atoms. The van der Waals surface area contributed by atoms with Gasteiger partial charge >= 0.3 is 0 Å². The molecule has 4 heteroatoms. The fourth-order valence-corrected chi connectivity index (χ4v) is 2.64. The Labute approximate surface area is 122 Å². The SMILES string of the molecule is CSc1ccc(OCc2cc(C#CCN)cs2)cc1. The average molecular weight is 289 g/mol. The van der Waals surface area contributed by atoms with E-state index in [1.165, 1.54) is 4.90 Å². The third-order valence-corrected chi connectivity index (χ3v) is 4.08. The Bertz CT molecular complexity index is 578. The second-order valence-corrected chi connectivity index (χ2v) is 5.65. The molecule has 2 rings (SSSR count). The molecule has 0 unspecified atom stereocenters. The minimum Gasteiger partial charge on any atom is -0.488 e. The summed E-state index contributed by atoms with van der Waals surface area (Å²) in [4.78, 5) is 2.40. The number of hydrogen-bond acceptors (Lipinski definition) is 4. The van der Waals surface area contributed by atoms with Crippen LogP contribution in [0, 0.1) is 11.8 Å². The maximum absolute atomic E-state index is 5.74. The molecule has 2 aromatic rings. The fourth-order valence-electron chi connectivity index (χ4n) is 1.50. The average Bonchev–Trinajstić information content (AvgIpc) is 2.91. The van der Waals surface area contributed by atoms with Gasteiger partial charge in [-0.25, -0.2) is 0 Å². The van der Waals surface area contributed by atoms with Crippen LogP contribution in [0.15, 0.2) is 40.6 Å². The van der Waals surface area contributed by atoms with Gasteiger partial charge in [-0.3, -0.25) is 0 Å². The molecular formula is C15H15NOS2. The quantitative estimate of drug-likeness (QED) is 0.692. The van der Waals surface area contributed by atoms with Gasteiger partial charge in [-0.15, -0.1) is 23.1 Å². The minimum atomic E-state index is 0.392. The van der Waals surface area contributed by atoms with Crippen LogP contribution < -0.4 is 10.5 Å². The number of hydrogen-bond donors (Lipinski definition) is 1. The van der Waals surface area contributed by atoms with E-state index < -0.39 is 0 Å². The summed E-state index contributed by atoms with van der Waals surface area (Å²) in [6, 6.07) is 10.2. The van der Waals surface area contributed by atoms with Gasteiger partial charge in [0.25, 0.3) is 0 Å². The van der Waals surface area contributed by atoms with E-state index in [-0.39, 0.29) is 0 Å². The molecule has 0 aliphatic carbocycles. The highest BCUT2D eigenvalue weighted by Crippen LogP contribution is 2.21. The first-order valence-corrected chi connectivity index (χ1v) is 7.95.